The molecule has 1 heterocycles. The van der Waals surface area contributed by atoms with E-state index in [0.29, 0.717) is 13.0 Å². The summed E-state index contributed by atoms with van der Waals surface area (Å²) in [5.74, 6) is -1.29. The van der Waals surface area contributed by atoms with Crippen molar-refractivity contribution in [3.63, 3.8) is 0 Å². The second-order valence-electron chi connectivity index (χ2n) is 4.02. The van der Waals surface area contributed by atoms with Gasteiger partial charge >= 0.3 is 12.0 Å². The highest BCUT2D eigenvalue weighted by molar-refractivity contribution is 5.74. The van der Waals surface area contributed by atoms with Gasteiger partial charge in [0.15, 0.2) is 6.10 Å². The predicted molar refractivity (Wildman–Crippen MR) is 66.6 cm³/mol. The molecule has 1 aromatic heterocycles. The Labute approximate surface area is 110 Å². The SMILES string of the molecule is Cn1nccc1CCNC(=O)NCCC(O)C(=O)O. The number of rotatable bonds is 7. The third-order valence-electron chi connectivity index (χ3n) is 2.58. The molecule has 0 fully saturated rings. The molecule has 0 aliphatic heterocycles. The number of carboxylic acid groups (broad SMARTS) is 1. The highest BCUT2D eigenvalue weighted by atomic mass is 16.4. The van der Waals surface area contributed by atoms with Crippen LogP contribution in [0.1, 0.15) is 12.1 Å². The number of aryl methyl sites for hydroxylation is 1. The Balaban J connectivity index is 2.12. The Hall–Kier alpha value is -2.09. The van der Waals surface area contributed by atoms with E-state index in [1.165, 1.54) is 0 Å². The highest BCUT2D eigenvalue weighted by Gasteiger charge is 2.12. The zero-order valence-electron chi connectivity index (χ0n) is 10.7. The Kier molecular flexibility index (Phi) is 5.80. The third-order valence-corrected chi connectivity index (χ3v) is 2.58. The van der Waals surface area contributed by atoms with Crippen LogP contribution in [0.3, 0.4) is 0 Å². The van der Waals surface area contributed by atoms with Crippen LogP contribution in [0.4, 0.5) is 4.79 Å². The summed E-state index contributed by atoms with van der Waals surface area (Å²) in [6, 6.07) is 1.47. The van der Waals surface area contributed by atoms with Crippen LogP contribution in [0.5, 0.6) is 0 Å². The molecule has 0 saturated heterocycles. The average molecular weight is 270 g/mol. The van der Waals surface area contributed by atoms with Gasteiger partial charge in [0.05, 0.1) is 0 Å². The summed E-state index contributed by atoms with van der Waals surface area (Å²) in [6.07, 6.45) is 0.865. The van der Waals surface area contributed by atoms with Crippen molar-refractivity contribution in [1.82, 2.24) is 20.4 Å². The molecule has 0 bridgehead atoms. The molecule has 0 aliphatic carbocycles. The van der Waals surface area contributed by atoms with Gasteiger partial charge in [0.1, 0.15) is 0 Å². The maximum atomic E-state index is 11.3. The summed E-state index contributed by atoms with van der Waals surface area (Å²) in [6.45, 7) is 0.553. The van der Waals surface area contributed by atoms with Gasteiger partial charge in [-0.3, -0.25) is 4.68 Å². The van der Waals surface area contributed by atoms with E-state index in [9.17, 15) is 9.59 Å². The molecule has 2 amide bonds. The standard InChI is InChI=1S/C11H18N4O4/c1-15-8(3-7-14-15)2-5-12-11(19)13-6-4-9(16)10(17)18/h3,7,9,16H,2,4-6H2,1H3,(H,17,18)(H2,12,13,19). The van der Waals surface area contributed by atoms with Gasteiger partial charge in [-0.05, 0) is 6.07 Å². The monoisotopic (exact) mass is 270 g/mol. The van der Waals surface area contributed by atoms with Crippen molar-refractivity contribution in [2.75, 3.05) is 13.1 Å². The van der Waals surface area contributed by atoms with Crippen molar-refractivity contribution in [3.05, 3.63) is 18.0 Å². The van der Waals surface area contributed by atoms with Crippen LogP contribution in [-0.2, 0) is 18.3 Å². The van der Waals surface area contributed by atoms with E-state index >= 15 is 0 Å². The number of carbonyl (C=O) groups is 2. The second-order valence-corrected chi connectivity index (χ2v) is 4.02. The van der Waals surface area contributed by atoms with Crippen LogP contribution in [0.15, 0.2) is 12.3 Å². The number of nitrogens with zero attached hydrogens (tertiary/aromatic N) is 2. The molecule has 19 heavy (non-hydrogen) atoms. The fraction of sp³-hybridized carbons (Fsp3) is 0.545. The number of hydrogen-bond donors (Lipinski definition) is 4. The normalized spacial score (nSPS) is 11.9. The van der Waals surface area contributed by atoms with Crippen molar-refractivity contribution >= 4 is 12.0 Å². The van der Waals surface area contributed by atoms with Gasteiger partial charge in [0.2, 0.25) is 0 Å². The van der Waals surface area contributed by atoms with Crippen LogP contribution in [0.2, 0.25) is 0 Å². The minimum atomic E-state index is -1.45. The number of hydrogen-bond acceptors (Lipinski definition) is 4. The highest BCUT2D eigenvalue weighted by Crippen LogP contribution is 1.95. The first-order valence-electron chi connectivity index (χ1n) is 5.90. The molecular weight excluding hydrogens is 252 g/mol. The fourth-order valence-electron chi connectivity index (χ4n) is 1.46. The summed E-state index contributed by atoms with van der Waals surface area (Å²) >= 11 is 0. The molecule has 8 heteroatoms. The number of nitrogens with one attached hydrogen (secondary N) is 2. The van der Waals surface area contributed by atoms with Gasteiger partial charge in [0, 0.05) is 44.9 Å². The lowest BCUT2D eigenvalue weighted by Crippen LogP contribution is -2.38. The minimum Gasteiger partial charge on any atom is -0.479 e. The van der Waals surface area contributed by atoms with Crippen molar-refractivity contribution in [2.45, 2.75) is 18.9 Å². The number of aliphatic hydroxyl groups is 1. The molecule has 8 nitrogen and oxygen atoms in total. The lowest BCUT2D eigenvalue weighted by Gasteiger charge is -2.09. The number of amides is 2. The van der Waals surface area contributed by atoms with E-state index < -0.39 is 12.1 Å². The molecule has 0 spiro atoms. The molecule has 1 aromatic rings. The number of aliphatic carboxylic acids is 1. The molecule has 0 radical (unpaired) electrons. The number of carboxylic acids is 1. The van der Waals surface area contributed by atoms with Crippen molar-refractivity contribution in [2.24, 2.45) is 7.05 Å². The van der Waals surface area contributed by atoms with Crippen LogP contribution < -0.4 is 10.6 Å². The molecule has 1 rings (SSSR count). The molecule has 1 unspecified atom stereocenters. The van der Waals surface area contributed by atoms with Crippen LogP contribution in [-0.4, -0.2) is 51.2 Å². The fourth-order valence-corrected chi connectivity index (χ4v) is 1.46. The molecule has 1 atom stereocenters. The van der Waals surface area contributed by atoms with Crippen LogP contribution in [0, 0.1) is 0 Å². The second kappa shape index (κ2) is 7.37. The first-order chi connectivity index (χ1) is 9.00. The maximum absolute atomic E-state index is 11.3. The van der Waals surface area contributed by atoms with E-state index in [1.807, 2.05) is 13.1 Å². The molecule has 0 aliphatic rings. The first-order valence-corrected chi connectivity index (χ1v) is 5.90. The van der Waals surface area contributed by atoms with E-state index in [4.69, 9.17) is 10.2 Å². The van der Waals surface area contributed by atoms with E-state index in [1.54, 1.807) is 10.9 Å². The molecule has 4 N–H and O–H groups in total. The van der Waals surface area contributed by atoms with Crippen LogP contribution in [0.25, 0.3) is 0 Å². The number of aromatic nitrogens is 2. The summed E-state index contributed by atoms with van der Waals surface area (Å²) in [7, 11) is 1.82. The average Bonchev–Trinajstić information content (AvgIpc) is 2.75. The van der Waals surface area contributed by atoms with Crippen molar-refractivity contribution in [1.29, 1.82) is 0 Å². The molecule has 0 aromatic carbocycles. The maximum Gasteiger partial charge on any atom is 0.332 e. The van der Waals surface area contributed by atoms with Gasteiger partial charge in [-0.25, -0.2) is 9.59 Å². The van der Waals surface area contributed by atoms with E-state index in [0.717, 1.165) is 5.69 Å². The molecule has 106 valence electrons. The lowest BCUT2D eigenvalue weighted by molar-refractivity contribution is -0.146. The Morgan fingerprint density at radius 2 is 2.11 bits per heavy atom. The Bertz CT molecular complexity index is 432. The van der Waals surface area contributed by atoms with Crippen LogP contribution >= 0.6 is 0 Å². The minimum absolute atomic E-state index is 0.0233. The van der Waals surface area contributed by atoms with E-state index in [2.05, 4.69) is 15.7 Å². The Morgan fingerprint density at radius 1 is 1.42 bits per heavy atom. The van der Waals surface area contributed by atoms with Gasteiger partial charge in [-0.1, -0.05) is 0 Å². The number of urea groups is 1. The summed E-state index contributed by atoms with van der Waals surface area (Å²) < 4.78 is 1.73. The van der Waals surface area contributed by atoms with Gasteiger partial charge in [-0.2, -0.15) is 5.10 Å². The third kappa shape index (κ3) is 5.38. The van der Waals surface area contributed by atoms with Crippen molar-refractivity contribution < 1.29 is 19.8 Å². The number of aliphatic hydroxyl groups excluding tert-OH is 1. The largest absolute Gasteiger partial charge is 0.479 e. The summed E-state index contributed by atoms with van der Waals surface area (Å²) in [5, 5.41) is 26.5. The smallest absolute Gasteiger partial charge is 0.332 e. The summed E-state index contributed by atoms with van der Waals surface area (Å²) in [5.41, 5.74) is 1.00. The molecular formula is C11H18N4O4. The first kappa shape index (κ1) is 15.0. The zero-order valence-corrected chi connectivity index (χ0v) is 10.7. The van der Waals surface area contributed by atoms with Crippen molar-refractivity contribution in [3.8, 4) is 0 Å². The predicted octanol–water partition coefficient (Wildman–Crippen LogP) is -0.903. The van der Waals surface area contributed by atoms with Gasteiger partial charge in [-0.15, -0.1) is 0 Å². The Morgan fingerprint density at radius 3 is 2.68 bits per heavy atom. The quantitative estimate of drug-likeness (QED) is 0.512. The van der Waals surface area contributed by atoms with Gasteiger partial charge in [0.25, 0.3) is 0 Å². The molecule has 0 saturated carbocycles. The van der Waals surface area contributed by atoms with Gasteiger partial charge < -0.3 is 20.8 Å². The lowest BCUT2D eigenvalue weighted by atomic mass is 10.2. The topological polar surface area (TPSA) is 116 Å². The summed E-state index contributed by atoms with van der Waals surface area (Å²) in [4.78, 5) is 21.7. The number of carbonyl (C=O) groups excluding carboxylic acids is 1. The van der Waals surface area contributed by atoms with E-state index in [-0.39, 0.29) is 19.0 Å². The zero-order chi connectivity index (χ0) is 14.3.